The van der Waals surface area contributed by atoms with Crippen molar-refractivity contribution in [2.75, 3.05) is 106 Å². The van der Waals surface area contributed by atoms with Crippen LogP contribution in [0.25, 0.3) is 0 Å². The molecule has 0 aliphatic carbocycles. The van der Waals surface area contributed by atoms with Gasteiger partial charge in [-0.15, -0.1) is 0 Å². The Bertz CT molecular complexity index is 806. The summed E-state index contributed by atoms with van der Waals surface area (Å²) in [5, 5.41) is 9.46. The summed E-state index contributed by atoms with van der Waals surface area (Å²) in [6, 6.07) is 0. The Morgan fingerprint density at radius 2 is 0.936 bits per heavy atom. The summed E-state index contributed by atoms with van der Waals surface area (Å²) >= 11 is 0. The molecule has 1 N–H and O–H groups in total. The van der Waals surface area contributed by atoms with E-state index in [1.807, 2.05) is 0 Å². The normalized spacial score (nSPS) is 16.7. The van der Waals surface area contributed by atoms with E-state index in [-0.39, 0.29) is 59.0 Å². The lowest BCUT2D eigenvalue weighted by Crippen LogP contribution is -2.43. The molecule has 284 valence electrons. The molecule has 0 aromatic heterocycles. The van der Waals surface area contributed by atoms with E-state index in [0.29, 0.717) is 26.1 Å². The predicted molar refractivity (Wildman–Crippen MR) is 147 cm³/mol. The Hall–Kier alpha value is -1.06. The maximum atomic E-state index is 13.0. The zero-order chi connectivity index (χ0) is 36.3. The summed E-state index contributed by atoms with van der Waals surface area (Å²) < 4.78 is 167. The third-order valence-electron chi connectivity index (χ3n) is 6.21. The molecular weight excluding hydrogens is 670 g/mol. The van der Waals surface area contributed by atoms with Crippen molar-refractivity contribution in [1.82, 2.24) is 0 Å². The van der Waals surface area contributed by atoms with Crippen LogP contribution in [0, 0.1) is 10.8 Å². The number of hydrogen-bond donors (Lipinski definition) is 1. The molecule has 0 saturated carbocycles. The molecule has 0 radical (unpaired) electrons. The molecule has 3 unspecified atom stereocenters. The van der Waals surface area contributed by atoms with Gasteiger partial charge in [0.25, 0.3) is 0 Å². The van der Waals surface area contributed by atoms with E-state index >= 15 is 0 Å². The molecule has 0 bridgehead atoms. The molecule has 0 saturated heterocycles. The van der Waals surface area contributed by atoms with E-state index < -0.39 is 68.1 Å². The van der Waals surface area contributed by atoms with E-state index in [1.165, 1.54) is 14.0 Å². The van der Waals surface area contributed by atoms with Gasteiger partial charge in [0.05, 0.1) is 65.6 Å². The van der Waals surface area contributed by atoms with Gasteiger partial charge in [0.2, 0.25) is 0 Å². The third-order valence-corrected chi connectivity index (χ3v) is 6.21. The lowest BCUT2D eigenvalue weighted by Gasteiger charge is -2.29. The maximum Gasteiger partial charge on any atom is 0.455 e. The summed E-state index contributed by atoms with van der Waals surface area (Å²) in [4.78, 5) is 0. The van der Waals surface area contributed by atoms with Gasteiger partial charge >= 0.3 is 24.2 Å². The van der Waals surface area contributed by atoms with Crippen LogP contribution in [0.4, 0.5) is 43.9 Å². The fourth-order valence-corrected chi connectivity index (χ4v) is 3.49. The van der Waals surface area contributed by atoms with Gasteiger partial charge in [-0.1, -0.05) is 13.8 Å². The van der Waals surface area contributed by atoms with Gasteiger partial charge in [-0.05, 0) is 19.8 Å². The Morgan fingerprint density at radius 3 is 1.40 bits per heavy atom. The molecule has 47 heavy (non-hydrogen) atoms. The number of hydrogen-bond acceptors (Lipinski definition) is 9. The molecule has 0 heterocycles. The van der Waals surface area contributed by atoms with E-state index in [0.717, 1.165) is 0 Å². The first-order valence-corrected chi connectivity index (χ1v) is 14.7. The van der Waals surface area contributed by atoms with Gasteiger partial charge in [-0.3, -0.25) is 0 Å². The van der Waals surface area contributed by atoms with E-state index in [4.69, 9.17) is 28.4 Å². The Morgan fingerprint density at radius 1 is 0.511 bits per heavy atom. The van der Waals surface area contributed by atoms with Gasteiger partial charge in [0, 0.05) is 44.4 Å². The summed E-state index contributed by atoms with van der Waals surface area (Å²) in [5.41, 5.74) is -2.11. The monoisotopic (exact) mass is 718 g/mol. The van der Waals surface area contributed by atoms with Crippen molar-refractivity contribution in [2.45, 2.75) is 63.9 Å². The highest BCUT2D eigenvalue weighted by atomic mass is 19.4. The van der Waals surface area contributed by atoms with Crippen molar-refractivity contribution in [3.05, 3.63) is 0 Å². The molecular formula is C28H48F10O9. The number of aliphatic hydroxyl groups is 1. The minimum Gasteiger partial charge on any atom is -0.396 e. The number of halogens is 10. The van der Waals surface area contributed by atoms with Crippen molar-refractivity contribution in [3.8, 4) is 0 Å². The van der Waals surface area contributed by atoms with Crippen LogP contribution in [0.1, 0.15) is 33.6 Å². The van der Waals surface area contributed by atoms with Gasteiger partial charge in [-0.25, -0.2) is 0 Å². The predicted octanol–water partition coefficient (Wildman–Crippen LogP) is 5.32. The molecule has 3 atom stereocenters. The number of alkyl halides is 10. The van der Waals surface area contributed by atoms with Gasteiger partial charge in [0.1, 0.15) is 13.2 Å². The number of methoxy groups -OCH3 is 1. The topological polar surface area (TPSA) is 94.1 Å². The quantitative estimate of drug-likeness (QED) is 0.0816. The van der Waals surface area contributed by atoms with Crippen molar-refractivity contribution < 1.29 is 86.9 Å². The Kier molecular flexibility index (Phi) is 21.4. The van der Waals surface area contributed by atoms with Crippen molar-refractivity contribution in [2.24, 2.45) is 10.8 Å². The van der Waals surface area contributed by atoms with Gasteiger partial charge < -0.3 is 43.0 Å². The van der Waals surface area contributed by atoms with Crippen molar-refractivity contribution in [1.29, 1.82) is 0 Å². The van der Waals surface area contributed by atoms with Crippen molar-refractivity contribution >= 4 is 0 Å². The highest BCUT2D eigenvalue weighted by molar-refractivity contribution is 4.79. The highest BCUT2D eigenvalue weighted by Gasteiger charge is 2.58. The Balaban J connectivity index is 3.92. The van der Waals surface area contributed by atoms with Crippen LogP contribution in [0.2, 0.25) is 0 Å². The minimum absolute atomic E-state index is 0.000280. The van der Waals surface area contributed by atoms with Crippen LogP contribution in [0.15, 0.2) is 0 Å². The average molecular weight is 719 g/mol. The van der Waals surface area contributed by atoms with Crippen LogP contribution < -0.4 is 0 Å². The smallest absolute Gasteiger partial charge is 0.396 e. The first kappa shape index (κ1) is 45.9. The summed E-state index contributed by atoms with van der Waals surface area (Å²) in [6.07, 6.45) is -10.8. The largest absolute Gasteiger partial charge is 0.455 e. The summed E-state index contributed by atoms with van der Waals surface area (Å²) in [6.45, 7) is 1.33. The molecule has 0 amide bonds. The van der Waals surface area contributed by atoms with Crippen LogP contribution in [0.5, 0.6) is 0 Å². The maximum absolute atomic E-state index is 13.0. The molecule has 0 aromatic rings. The minimum atomic E-state index is -5.73. The lowest BCUT2D eigenvalue weighted by atomic mass is 9.94. The first-order chi connectivity index (χ1) is 21.6. The van der Waals surface area contributed by atoms with Gasteiger partial charge in [-0.2, -0.15) is 43.9 Å². The highest BCUT2D eigenvalue weighted by Crippen LogP contribution is 2.37. The molecule has 0 rings (SSSR count). The number of ether oxygens (including phenoxy) is 8. The molecule has 0 aliphatic rings. The van der Waals surface area contributed by atoms with Crippen LogP contribution >= 0.6 is 0 Å². The standard InChI is InChI=1S/C28H48F10O9/c1-22(13-42-8-6-10-43-16-23(2,14-39)17-45-20-25(29,30)27(33,34)35)47-12-11-41-7-5-9-44-18-24(3,15-40-4)19-46-21-26(31,32)28(36,37)38/h22,39H,5-21H2,1-4H3. The zero-order valence-electron chi connectivity index (χ0n) is 27.1. The summed E-state index contributed by atoms with van der Waals surface area (Å²) in [5.74, 6) is -9.96. The fourth-order valence-electron chi connectivity index (χ4n) is 3.49. The molecule has 19 heteroatoms. The molecule has 0 aromatic carbocycles. The molecule has 0 spiro atoms. The number of aliphatic hydroxyl groups excluding tert-OH is 1. The van der Waals surface area contributed by atoms with Gasteiger partial charge in [0.15, 0.2) is 0 Å². The van der Waals surface area contributed by atoms with E-state index in [1.54, 1.807) is 13.8 Å². The fraction of sp³-hybridized carbons (Fsp3) is 1.00. The number of rotatable bonds is 29. The van der Waals surface area contributed by atoms with Crippen molar-refractivity contribution in [3.63, 3.8) is 0 Å². The second kappa shape index (κ2) is 21.9. The zero-order valence-corrected chi connectivity index (χ0v) is 27.1. The average Bonchev–Trinajstić information content (AvgIpc) is 2.94. The molecule has 9 nitrogen and oxygen atoms in total. The van der Waals surface area contributed by atoms with Crippen LogP contribution in [-0.2, 0) is 37.9 Å². The van der Waals surface area contributed by atoms with E-state index in [9.17, 15) is 49.0 Å². The van der Waals surface area contributed by atoms with Crippen LogP contribution in [-0.4, -0.2) is 142 Å². The first-order valence-electron chi connectivity index (χ1n) is 14.7. The lowest BCUT2D eigenvalue weighted by molar-refractivity contribution is -0.298. The molecule has 0 aliphatic heterocycles. The summed E-state index contributed by atoms with van der Waals surface area (Å²) in [7, 11) is 1.35. The second-order valence-electron chi connectivity index (χ2n) is 11.8. The Labute approximate surface area is 268 Å². The second-order valence-corrected chi connectivity index (χ2v) is 11.8. The third kappa shape index (κ3) is 20.3. The SMILES string of the molecule is COCC(C)(COCCCOCCOC(C)COCCCOCC(C)(CO)COCC(F)(F)C(F)(F)F)COCC(F)(F)C(F)(F)F. The molecule has 0 fully saturated rings. The van der Waals surface area contributed by atoms with Crippen LogP contribution in [0.3, 0.4) is 0 Å². The van der Waals surface area contributed by atoms with E-state index in [2.05, 4.69) is 9.47 Å².